The SMILES string of the molecule is COc1ccc(C(O)C#CCCCn2c(Br)c(C=NC(C)(C)C)c3ccccc32)cc1. The number of rotatable bonds is 6. The number of unbranched alkanes of at least 4 members (excludes halogenated alkanes) is 1. The van der Waals surface area contributed by atoms with Crippen LogP contribution in [0.1, 0.15) is 50.8 Å². The van der Waals surface area contributed by atoms with Crippen molar-refractivity contribution in [3.8, 4) is 17.6 Å². The lowest BCUT2D eigenvalue weighted by atomic mass is 10.1. The van der Waals surface area contributed by atoms with Gasteiger partial charge >= 0.3 is 0 Å². The van der Waals surface area contributed by atoms with Crippen molar-refractivity contribution in [3.63, 3.8) is 0 Å². The molecule has 0 spiro atoms. The van der Waals surface area contributed by atoms with E-state index in [-0.39, 0.29) is 5.54 Å². The smallest absolute Gasteiger partial charge is 0.140 e. The average molecular weight is 481 g/mol. The van der Waals surface area contributed by atoms with Crippen LogP contribution in [-0.2, 0) is 6.54 Å². The first-order chi connectivity index (χ1) is 14.8. The number of para-hydroxylation sites is 1. The second-order valence-corrected chi connectivity index (χ2v) is 9.15. The molecule has 0 bridgehead atoms. The van der Waals surface area contributed by atoms with E-state index in [9.17, 15) is 5.11 Å². The molecule has 0 fully saturated rings. The molecule has 0 saturated carbocycles. The second-order valence-electron chi connectivity index (χ2n) is 8.40. The summed E-state index contributed by atoms with van der Waals surface area (Å²) in [7, 11) is 1.62. The first-order valence-corrected chi connectivity index (χ1v) is 11.2. The fourth-order valence-electron chi connectivity index (χ4n) is 3.26. The molecule has 162 valence electrons. The highest BCUT2D eigenvalue weighted by Crippen LogP contribution is 2.30. The van der Waals surface area contributed by atoms with E-state index in [1.54, 1.807) is 7.11 Å². The number of halogens is 1. The summed E-state index contributed by atoms with van der Waals surface area (Å²) in [4.78, 5) is 4.69. The van der Waals surface area contributed by atoms with Crippen LogP contribution < -0.4 is 4.74 Å². The summed E-state index contributed by atoms with van der Waals surface area (Å²) in [6, 6.07) is 15.7. The van der Waals surface area contributed by atoms with E-state index in [0.29, 0.717) is 6.42 Å². The fraction of sp³-hybridized carbons (Fsp3) is 0.346. The number of aromatic nitrogens is 1. The van der Waals surface area contributed by atoms with E-state index in [1.165, 1.54) is 10.9 Å². The number of ether oxygens (including phenoxy) is 1. The maximum Gasteiger partial charge on any atom is 0.140 e. The zero-order chi connectivity index (χ0) is 22.4. The maximum atomic E-state index is 10.3. The van der Waals surface area contributed by atoms with Gasteiger partial charge in [0.15, 0.2) is 0 Å². The normalized spacial score (nSPS) is 12.7. The average Bonchev–Trinajstić information content (AvgIpc) is 3.02. The van der Waals surface area contributed by atoms with Gasteiger partial charge in [-0.05, 0) is 66.9 Å². The number of fused-ring (bicyclic) bond motifs is 1. The standard InChI is InChI=1S/C26H29BrN2O2/c1-26(2,3)28-18-22-21-10-7-8-11-23(21)29(25(22)27)17-9-5-6-12-24(30)19-13-15-20(31-4)16-14-19/h7-8,10-11,13-16,18,24,30H,5,9,17H2,1-4H3. The lowest BCUT2D eigenvalue weighted by molar-refractivity contribution is 0.238. The molecular weight excluding hydrogens is 452 g/mol. The Bertz CT molecular complexity index is 1110. The third kappa shape index (κ3) is 6.00. The van der Waals surface area contributed by atoms with Crippen LogP contribution in [0.4, 0.5) is 0 Å². The minimum Gasteiger partial charge on any atom is -0.497 e. The van der Waals surface area contributed by atoms with E-state index in [2.05, 4.69) is 77.4 Å². The van der Waals surface area contributed by atoms with Crippen molar-refractivity contribution < 1.29 is 9.84 Å². The van der Waals surface area contributed by atoms with Crippen molar-refractivity contribution in [1.82, 2.24) is 4.57 Å². The first kappa shape index (κ1) is 23.1. The molecule has 3 rings (SSSR count). The van der Waals surface area contributed by atoms with E-state index in [1.807, 2.05) is 30.5 Å². The van der Waals surface area contributed by atoms with Gasteiger partial charge in [0.05, 0.1) is 17.3 Å². The van der Waals surface area contributed by atoms with Gasteiger partial charge in [0.25, 0.3) is 0 Å². The zero-order valence-corrected chi connectivity index (χ0v) is 20.1. The molecule has 0 aliphatic rings. The van der Waals surface area contributed by atoms with Gasteiger partial charge in [0.2, 0.25) is 0 Å². The van der Waals surface area contributed by atoms with E-state index in [0.717, 1.165) is 34.4 Å². The number of aliphatic imine (C=N–C) groups is 1. The molecule has 0 saturated heterocycles. The molecule has 1 heterocycles. The number of nitrogens with zero attached hydrogens (tertiary/aromatic N) is 2. The molecule has 2 aromatic carbocycles. The Morgan fingerprint density at radius 3 is 2.55 bits per heavy atom. The summed E-state index contributed by atoms with van der Waals surface area (Å²) in [6.45, 7) is 7.11. The first-order valence-electron chi connectivity index (χ1n) is 10.4. The molecule has 0 aliphatic heterocycles. The minimum absolute atomic E-state index is 0.122. The Balaban J connectivity index is 1.68. The highest BCUT2D eigenvalue weighted by atomic mass is 79.9. The van der Waals surface area contributed by atoms with Crippen LogP contribution in [0.15, 0.2) is 58.1 Å². The largest absolute Gasteiger partial charge is 0.497 e. The van der Waals surface area contributed by atoms with Gasteiger partial charge in [-0.15, -0.1) is 5.92 Å². The molecular formula is C26H29BrN2O2. The van der Waals surface area contributed by atoms with Crippen molar-refractivity contribution in [1.29, 1.82) is 0 Å². The number of aliphatic hydroxyl groups is 1. The molecule has 4 nitrogen and oxygen atoms in total. The third-order valence-corrected chi connectivity index (χ3v) is 5.73. The van der Waals surface area contributed by atoms with Crippen molar-refractivity contribution in [2.75, 3.05) is 7.11 Å². The van der Waals surface area contributed by atoms with E-state index >= 15 is 0 Å². The van der Waals surface area contributed by atoms with Crippen LogP contribution in [0.5, 0.6) is 5.75 Å². The Hall–Kier alpha value is -2.55. The molecule has 0 amide bonds. The van der Waals surface area contributed by atoms with Crippen LogP contribution in [0.25, 0.3) is 10.9 Å². The van der Waals surface area contributed by atoms with Gasteiger partial charge in [0, 0.05) is 35.6 Å². The van der Waals surface area contributed by atoms with Crippen LogP contribution in [0.2, 0.25) is 0 Å². The number of aryl methyl sites for hydroxylation is 1. The van der Waals surface area contributed by atoms with Crippen LogP contribution in [0, 0.1) is 11.8 Å². The van der Waals surface area contributed by atoms with Gasteiger partial charge in [-0.2, -0.15) is 0 Å². The van der Waals surface area contributed by atoms with Crippen molar-refractivity contribution in [2.45, 2.75) is 51.8 Å². The molecule has 0 aliphatic carbocycles. The molecule has 1 unspecified atom stereocenters. The summed E-state index contributed by atoms with van der Waals surface area (Å²) in [5, 5.41) is 11.5. The second kappa shape index (κ2) is 10.2. The highest BCUT2D eigenvalue weighted by Gasteiger charge is 2.14. The molecule has 3 aromatic rings. The number of hydrogen-bond donors (Lipinski definition) is 1. The lowest BCUT2D eigenvalue weighted by Crippen LogP contribution is -2.09. The topological polar surface area (TPSA) is 46.8 Å². The van der Waals surface area contributed by atoms with Gasteiger partial charge in [0.1, 0.15) is 11.9 Å². The Morgan fingerprint density at radius 2 is 1.87 bits per heavy atom. The fourth-order valence-corrected chi connectivity index (χ4v) is 3.95. The molecule has 0 radical (unpaired) electrons. The Morgan fingerprint density at radius 1 is 1.16 bits per heavy atom. The van der Waals surface area contributed by atoms with Gasteiger partial charge in [-0.1, -0.05) is 36.3 Å². The van der Waals surface area contributed by atoms with Gasteiger partial charge < -0.3 is 14.4 Å². The number of hydrogen-bond acceptors (Lipinski definition) is 3. The van der Waals surface area contributed by atoms with Gasteiger partial charge in [-0.3, -0.25) is 4.99 Å². The van der Waals surface area contributed by atoms with Crippen molar-refractivity contribution >= 4 is 33.0 Å². The molecule has 5 heteroatoms. The van der Waals surface area contributed by atoms with Crippen LogP contribution in [-0.4, -0.2) is 28.5 Å². The van der Waals surface area contributed by atoms with Gasteiger partial charge in [-0.25, -0.2) is 0 Å². The minimum atomic E-state index is -0.787. The summed E-state index contributed by atoms with van der Waals surface area (Å²) in [5.74, 6) is 6.82. The summed E-state index contributed by atoms with van der Waals surface area (Å²) < 4.78 is 8.45. The van der Waals surface area contributed by atoms with Crippen LogP contribution >= 0.6 is 15.9 Å². The third-order valence-electron chi connectivity index (χ3n) is 4.88. The summed E-state index contributed by atoms with van der Waals surface area (Å²) in [6.07, 6.45) is 2.77. The highest BCUT2D eigenvalue weighted by molar-refractivity contribution is 9.10. The zero-order valence-electron chi connectivity index (χ0n) is 18.5. The van der Waals surface area contributed by atoms with Crippen LogP contribution in [0.3, 0.4) is 0 Å². The predicted octanol–water partition coefficient (Wildman–Crippen LogP) is 6.15. The number of benzene rings is 2. The summed E-state index contributed by atoms with van der Waals surface area (Å²) >= 11 is 3.78. The van der Waals surface area contributed by atoms with Crippen molar-refractivity contribution in [3.05, 3.63) is 64.3 Å². The van der Waals surface area contributed by atoms with E-state index in [4.69, 9.17) is 9.73 Å². The molecule has 1 N–H and O–H groups in total. The predicted molar refractivity (Wildman–Crippen MR) is 132 cm³/mol. The van der Waals surface area contributed by atoms with E-state index < -0.39 is 6.10 Å². The number of aliphatic hydroxyl groups excluding tert-OH is 1. The maximum absolute atomic E-state index is 10.3. The lowest BCUT2D eigenvalue weighted by Gasteiger charge is -2.10. The Labute approximate surface area is 193 Å². The number of methoxy groups -OCH3 is 1. The summed E-state index contributed by atoms with van der Waals surface area (Å²) in [5.41, 5.74) is 2.93. The van der Waals surface area contributed by atoms with Crippen molar-refractivity contribution in [2.24, 2.45) is 4.99 Å². The molecule has 1 aromatic heterocycles. The monoisotopic (exact) mass is 480 g/mol. The molecule has 31 heavy (non-hydrogen) atoms. The quantitative estimate of drug-likeness (QED) is 0.261. The molecule has 1 atom stereocenters. The Kier molecular flexibility index (Phi) is 7.59.